The number of methoxy groups -OCH3 is 1. The standard InChI is InChI=1S/C19H19F2N5OS/c1-11(8-27-2)23-19-22-6-5-15(24-19)17-16-9-28-10-26(16)25-18(17)13-4-3-12(20)7-14(13)21/h3-7,11H,8-10H2,1-2H3,(H,22,23,24). The van der Waals surface area contributed by atoms with Crippen molar-refractivity contribution in [3.8, 4) is 22.5 Å². The van der Waals surface area contributed by atoms with Crippen LogP contribution in [0.5, 0.6) is 0 Å². The molecule has 3 aromatic rings. The van der Waals surface area contributed by atoms with Gasteiger partial charge in [-0.1, -0.05) is 0 Å². The van der Waals surface area contributed by atoms with Gasteiger partial charge in [0.25, 0.3) is 0 Å². The van der Waals surface area contributed by atoms with Crippen LogP contribution in [0.1, 0.15) is 12.6 Å². The van der Waals surface area contributed by atoms with Crippen LogP contribution in [-0.4, -0.2) is 39.5 Å². The maximum Gasteiger partial charge on any atom is 0.223 e. The molecule has 3 heterocycles. The van der Waals surface area contributed by atoms with E-state index in [0.29, 0.717) is 29.8 Å². The minimum Gasteiger partial charge on any atom is -0.383 e. The molecule has 1 aromatic carbocycles. The Bertz CT molecular complexity index is 1010. The zero-order valence-corrected chi connectivity index (χ0v) is 16.3. The van der Waals surface area contributed by atoms with Crippen molar-refractivity contribution in [1.82, 2.24) is 19.7 Å². The first-order valence-electron chi connectivity index (χ1n) is 8.78. The van der Waals surface area contributed by atoms with Gasteiger partial charge in [-0.25, -0.2) is 18.7 Å². The molecule has 1 atom stereocenters. The molecule has 0 saturated heterocycles. The van der Waals surface area contributed by atoms with E-state index < -0.39 is 11.6 Å². The van der Waals surface area contributed by atoms with Crippen LogP contribution in [0.25, 0.3) is 22.5 Å². The number of benzene rings is 1. The lowest BCUT2D eigenvalue weighted by Gasteiger charge is -2.13. The Labute approximate surface area is 165 Å². The van der Waals surface area contributed by atoms with E-state index in [1.807, 2.05) is 11.6 Å². The van der Waals surface area contributed by atoms with E-state index in [0.717, 1.165) is 23.1 Å². The van der Waals surface area contributed by atoms with E-state index in [4.69, 9.17) is 4.74 Å². The number of halogens is 2. The maximum absolute atomic E-state index is 14.5. The van der Waals surface area contributed by atoms with Crippen molar-refractivity contribution in [3.05, 3.63) is 47.8 Å². The Balaban J connectivity index is 1.80. The number of nitrogens with zero attached hydrogens (tertiary/aromatic N) is 4. The van der Waals surface area contributed by atoms with Gasteiger partial charge in [0, 0.05) is 36.7 Å². The lowest BCUT2D eigenvalue weighted by atomic mass is 10.0. The molecule has 0 radical (unpaired) electrons. The van der Waals surface area contributed by atoms with Gasteiger partial charge in [-0.3, -0.25) is 4.68 Å². The number of rotatable bonds is 6. The molecule has 146 valence electrons. The van der Waals surface area contributed by atoms with E-state index in [9.17, 15) is 8.78 Å². The van der Waals surface area contributed by atoms with Crippen molar-refractivity contribution in [2.45, 2.75) is 24.6 Å². The summed E-state index contributed by atoms with van der Waals surface area (Å²) in [6, 6.07) is 5.33. The zero-order chi connectivity index (χ0) is 19.7. The highest BCUT2D eigenvalue weighted by Crippen LogP contribution is 2.40. The molecule has 28 heavy (non-hydrogen) atoms. The number of thioether (sulfide) groups is 1. The summed E-state index contributed by atoms with van der Waals surface area (Å²) in [5, 5.41) is 7.77. The minimum absolute atomic E-state index is 0.0303. The largest absolute Gasteiger partial charge is 0.383 e. The van der Waals surface area contributed by atoms with Crippen LogP contribution >= 0.6 is 11.8 Å². The van der Waals surface area contributed by atoms with Crippen molar-refractivity contribution in [2.75, 3.05) is 19.0 Å². The first-order chi connectivity index (χ1) is 13.6. The number of nitrogens with one attached hydrogen (secondary N) is 1. The number of anilines is 1. The summed E-state index contributed by atoms with van der Waals surface area (Å²) in [5.74, 6) is 0.625. The van der Waals surface area contributed by atoms with E-state index in [1.165, 1.54) is 12.1 Å². The van der Waals surface area contributed by atoms with Crippen LogP contribution < -0.4 is 5.32 Å². The number of ether oxygens (including phenoxy) is 1. The van der Waals surface area contributed by atoms with Crippen molar-refractivity contribution < 1.29 is 13.5 Å². The molecule has 4 rings (SSSR count). The smallest absolute Gasteiger partial charge is 0.223 e. The summed E-state index contributed by atoms with van der Waals surface area (Å²) in [6.07, 6.45) is 1.65. The summed E-state index contributed by atoms with van der Waals surface area (Å²) in [4.78, 5) is 8.87. The van der Waals surface area contributed by atoms with Crippen LogP contribution in [0.2, 0.25) is 0 Å². The summed E-state index contributed by atoms with van der Waals surface area (Å²) >= 11 is 1.72. The topological polar surface area (TPSA) is 64.9 Å². The Morgan fingerprint density at radius 3 is 2.96 bits per heavy atom. The molecular weight excluding hydrogens is 384 g/mol. The van der Waals surface area contributed by atoms with Gasteiger partial charge in [-0.2, -0.15) is 5.10 Å². The second-order valence-electron chi connectivity index (χ2n) is 6.54. The van der Waals surface area contributed by atoms with Crippen molar-refractivity contribution in [2.24, 2.45) is 0 Å². The Morgan fingerprint density at radius 1 is 1.32 bits per heavy atom. The Kier molecular flexibility index (Phi) is 5.27. The fourth-order valence-corrected chi connectivity index (χ4v) is 4.16. The highest BCUT2D eigenvalue weighted by atomic mass is 32.2. The average molecular weight is 403 g/mol. The molecule has 0 bridgehead atoms. The van der Waals surface area contributed by atoms with E-state index in [-0.39, 0.29) is 11.6 Å². The fourth-order valence-electron chi connectivity index (χ4n) is 3.20. The van der Waals surface area contributed by atoms with Crippen molar-refractivity contribution in [1.29, 1.82) is 0 Å². The van der Waals surface area contributed by atoms with Crippen LogP contribution in [0, 0.1) is 11.6 Å². The van der Waals surface area contributed by atoms with Gasteiger partial charge < -0.3 is 10.1 Å². The third kappa shape index (κ3) is 3.59. The van der Waals surface area contributed by atoms with Gasteiger partial charge in [0.15, 0.2) is 0 Å². The zero-order valence-electron chi connectivity index (χ0n) is 15.4. The molecule has 6 nitrogen and oxygen atoms in total. The molecular formula is C19H19F2N5OS. The summed E-state index contributed by atoms with van der Waals surface area (Å²) in [6.45, 7) is 2.48. The Morgan fingerprint density at radius 2 is 2.18 bits per heavy atom. The lowest BCUT2D eigenvalue weighted by molar-refractivity contribution is 0.190. The minimum atomic E-state index is -0.646. The first kappa shape index (κ1) is 18.8. The highest BCUT2D eigenvalue weighted by Gasteiger charge is 2.26. The van der Waals surface area contributed by atoms with Gasteiger partial charge >= 0.3 is 0 Å². The number of hydrogen-bond donors (Lipinski definition) is 1. The molecule has 1 aliphatic heterocycles. The van der Waals surface area contributed by atoms with Crippen LogP contribution in [0.4, 0.5) is 14.7 Å². The second kappa shape index (κ2) is 7.84. The number of fused-ring (bicyclic) bond motifs is 1. The van der Waals surface area contributed by atoms with Crippen molar-refractivity contribution in [3.63, 3.8) is 0 Å². The molecule has 1 N–H and O–H groups in total. The van der Waals surface area contributed by atoms with Gasteiger partial charge in [-0.05, 0) is 25.1 Å². The van der Waals surface area contributed by atoms with E-state index in [2.05, 4.69) is 20.4 Å². The van der Waals surface area contributed by atoms with Crippen molar-refractivity contribution >= 4 is 17.7 Å². The van der Waals surface area contributed by atoms with E-state index in [1.54, 1.807) is 31.1 Å². The molecule has 0 saturated carbocycles. The first-order valence-corrected chi connectivity index (χ1v) is 9.94. The van der Waals surface area contributed by atoms with Gasteiger partial charge in [0.1, 0.15) is 17.3 Å². The fraction of sp³-hybridized carbons (Fsp3) is 0.316. The Hall–Kier alpha value is -2.52. The molecule has 0 amide bonds. The predicted molar refractivity (Wildman–Crippen MR) is 105 cm³/mol. The van der Waals surface area contributed by atoms with Crippen LogP contribution in [-0.2, 0) is 16.4 Å². The van der Waals surface area contributed by atoms with Gasteiger partial charge in [0.2, 0.25) is 5.95 Å². The molecule has 0 spiro atoms. The molecule has 9 heteroatoms. The van der Waals surface area contributed by atoms with Gasteiger partial charge in [-0.15, -0.1) is 11.8 Å². The van der Waals surface area contributed by atoms with Crippen LogP contribution in [0.15, 0.2) is 30.5 Å². The molecule has 1 aliphatic rings. The third-order valence-electron chi connectivity index (χ3n) is 4.40. The SMILES string of the molecule is COCC(C)Nc1nccc(-c2c(-c3ccc(F)cc3F)nn3c2CSC3)n1. The molecule has 0 aliphatic carbocycles. The van der Waals surface area contributed by atoms with Gasteiger partial charge in [0.05, 0.1) is 29.4 Å². The number of aromatic nitrogens is 4. The van der Waals surface area contributed by atoms with Crippen LogP contribution in [0.3, 0.4) is 0 Å². The normalized spacial score (nSPS) is 14.1. The third-order valence-corrected chi connectivity index (χ3v) is 5.30. The molecule has 2 aromatic heterocycles. The highest BCUT2D eigenvalue weighted by molar-refractivity contribution is 7.97. The summed E-state index contributed by atoms with van der Waals surface area (Å²) in [7, 11) is 1.63. The monoisotopic (exact) mass is 403 g/mol. The maximum atomic E-state index is 14.5. The summed E-state index contributed by atoms with van der Waals surface area (Å²) in [5.41, 5.74) is 3.08. The van der Waals surface area contributed by atoms with E-state index >= 15 is 0 Å². The molecule has 1 unspecified atom stereocenters. The average Bonchev–Trinajstić information content (AvgIpc) is 3.23. The molecule has 0 fully saturated rings. The predicted octanol–water partition coefficient (Wildman–Crippen LogP) is 3.94. The number of hydrogen-bond acceptors (Lipinski definition) is 6. The quantitative estimate of drug-likeness (QED) is 0.673. The lowest BCUT2D eigenvalue weighted by Crippen LogP contribution is -2.22. The summed E-state index contributed by atoms with van der Waals surface area (Å²) < 4.78 is 34.8. The second-order valence-corrected chi connectivity index (χ2v) is 7.49.